The maximum atomic E-state index is 10.6. The van der Waals surface area contributed by atoms with Gasteiger partial charge in [0, 0.05) is 18.8 Å². The van der Waals surface area contributed by atoms with Gasteiger partial charge in [0.2, 0.25) is 0 Å². The van der Waals surface area contributed by atoms with Gasteiger partial charge in [-0.1, -0.05) is 18.2 Å². The lowest BCUT2D eigenvalue weighted by Gasteiger charge is -2.23. The molecular weight excluding hydrogens is 204 g/mol. The summed E-state index contributed by atoms with van der Waals surface area (Å²) in [4.78, 5) is 12.7. The van der Waals surface area contributed by atoms with Crippen molar-refractivity contribution in [2.24, 2.45) is 5.73 Å². The number of hydrogen-bond donors (Lipinski definition) is 2. The van der Waals surface area contributed by atoms with Crippen molar-refractivity contribution in [2.75, 3.05) is 18.0 Å². The molecule has 4 nitrogen and oxygen atoms in total. The van der Waals surface area contributed by atoms with Crippen molar-refractivity contribution in [3.05, 3.63) is 30.3 Å². The van der Waals surface area contributed by atoms with Crippen molar-refractivity contribution >= 4 is 11.7 Å². The molecule has 0 heterocycles. The first-order chi connectivity index (χ1) is 7.65. The van der Waals surface area contributed by atoms with E-state index < -0.39 is 12.0 Å². The van der Waals surface area contributed by atoms with E-state index in [9.17, 15) is 4.79 Å². The molecular formula is C12H18N2O2. The zero-order valence-corrected chi connectivity index (χ0v) is 9.47. The number of aliphatic carboxylic acids is 1. The minimum absolute atomic E-state index is 0.456. The highest BCUT2D eigenvalue weighted by Gasteiger charge is 2.13. The first-order valence-corrected chi connectivity index (χ1v) is 5.43. The number of benzene rings is 1. The van der Waals surface area contributed by atoms with Gasteiger partial charge < -0.3 is 15.7 Å². The molecule has 1 unspecified atom stereocenters. The van der Waals surface area contributed by atoms with Crippen LogP contribution < -0.4 is 10.6 Å². The lowest BCUT2D eigenvalue weighted by molar-refractivity contribution is -0.138. The van der Waals surface area contributed by atoms with E-state index in [1.54, 1.807) is 0 Å². The van der Waals surface area contributed by atoms with Crippen LogP contribution >= 0.6 is 0 Å². The van der Waals surface area contributed by atoms with E-state index in [2.05, 4.69) is 4.90 Å². The van der Waals surface area contributed by atoms with Crippen molar-refractivity contribution in [1.29, 1.82) is 0 Å². The quantitative estimate of drug-likeness (QED) is 0.761. The number of carbonyl (C=O) groups is 1. The van der Waals surface area contributed by atoms with Gasteiger partial charge in [0.15, 0.2) is 0 Å². The highest BCUT2D eigenvalue weighted by atomic mass is 16.4. The summed E-state index contributed by atoms with van der Waals surface area (Å²) in [6.07, 6.45) is 0.456. The van der Waals surface area contributed by atoms with E-state index >= 15 is 0 Å². The van der Waals surface area contributed by atoms with Crippen LogP contribution in [0, 0.1) is 0 Å². The number of carboxylic acids is 1. The van der Waals surface area contributed by atoms with Crippen molar-refractivity contribution in [2.45, 2.75) is 19.4 Å². The van der Waals surface area contributed by atoms with Crippen molar-refractivity contribution in [3.8, 4) is 0 Å². The number of anilines is 1. The first-order valence-electron chi connectivity index (χ1n) is 5.43. The first kappa shape index (κ1) is 12.5. The zero-order valence-electron chi connectivity index (χ0n) is 9.47. The van der Waals surface area contributed by atoms with Crippen LogP contribution in [-0.4, -0.2) is 30.2 Å². The Balaban J connectivity index is 2.53. The van der Waals surface area contributed by atoms with Crippen molar-refractivity contribution in [3.63, 3.8) is 0 Å². The van der Waals surface area contributed by atoms with Gasteiger partial charge in [0.25, 0.3) is 0 Å². The molecule has 1 rings (SSSR count). The number of nitrogens with zero attached hydrogens (tertiary/aromatic N) is 1. The Bertz CT molecular complexity index is 327. The second-order valence-corrected chi connectivity index (χ2v) is 3.65. The molecule has 1 atom stereocenters. The molecule has 0 saturated carbocycles. The molecule has 3 N–H and O–H groups in total. The smallest absolute Gasteiger partial charge is 0.320 e. The molecule has 0 spiro atoms. The molecule has 88 valence electrons. The van der Waals surface area contributed by atoms with E-state index in [0.717, 1.165) is 12.2 Å². The van der Waals surface area contributed by atoms with Gasteiger partial charge in [-0.05, 0) is 25.5 Å². The molecule has 0 aromatic heterocycles. The minimum Gasteiger partial charge on any atom is -0.480 e. The topological polar surface area (TPSA) is 66.6 Å². The summed E-state index contributed by atoms with van der Waals surface area (Å²) < 4.78 is 0. The Hall–Kier alpha value is -1.55. The van der Waals surface area contributed by atoms with E-state index in [4.69, 9.17) is 10.8 Å². The number of nitrogens with two attached hydrogens (primary N) is 1. The van der Waals surface area contributed by atoms with Crippen LogP contribution in [-0.2, 0) is 4.79 Å². The van der Waals surface area contributed by atoms with Crippen molar-refractivity contribution < 1.29 is 9.90 Å². The molecule has 16 heavy (non-hydrogen) atoms. The number of carboxylic acid groups (broad SMARTS) is 1. The van der Waals surface area contributed by atoms with Gasteiger partial charge >= 0.3 is 5.97 Å². The predicted octanol–water partition coefficient (Wildman–Crippen LogP) is 1.31. The van der Waals surface area contributed by atoms with E-state index in [1.807, 2.05) is 37.3 Å². The molecule has 0 aliphatic heterocycles. The van der Waals surface area contributed by atoms with Crippen LogP contribution in [0.1, 0.15) is 13.3 Å². The third-order valence-electron chi connectivity index (χ3n) is 2.53. The molecule has 1 aromatic carbocycles. The van der Waals surface area contributed by atoms with Crippen LogP contribution in [0.4, 0.5) is 5.69 Å². The summed E-state index contributed by atoms with van der Waals surface area (Å²) >= 11 is 0. The molecule has 0 saturated heterocycles. The van der Waals surface area contributed by atoms with Gasteiger partial charge in [-0.25, -0.2) is 0 Å². The Morgan fingerprint density at radius 1 is 1.44 bits per heavy atom. The molecule has 1 aromatic rings. The normalized spacial score (nSPS) is 12.1. The lowest BCUT2D eigenvalue weighted by atomic mass is 10.2. The molecule has 0 amide bonds. The third-order valence-corrected chi connectivity index (χ3v) is 2.53. The van der Waals surface area contributed by atoms with E-state index in [1.165, 1.54) is 0 Å². The summed E-state index contributed by atoms with van der Waals surface area (Å²) in [7, 11) is 0. The van der Waals surface area contributed by atoms with E-state index in [0.29, 0.717) is 13.0 Å². The summed E-state index contributed by atoms with van der Waals surface area (Å²) in [6, 6.07) is 9.13. The minimum atomic E-state index is -0.941. The molecule has 0 fully saturated rings. The fourth-order valence-electron chi connectivity index (χ4n) is 1.53. The lowest BCUT2D eigenvalue weighted by Crippen LogP contribution is -2.35. The van der Waals surface area contributed by atoms with Gasteiger partial charge in [0.05, 0.1) is 0 Å². The molecule has 4 heteroatoms. The van der Waals surface area contributed by atoms with Crippen LogP contribution in [0.15, 0.2) is 30.3 Å². The molecule has 0 aliphatic carbocycles. The Labute approximate surface area is 95.7 Å². The maximum Gasteiger partial charge on any atom is 0.320 e. The van der Waals surface area contributed by atoms with Gasteiger partial charge in [0.1, 0.15) is 6.04 Å². The summed E-state index contributed by atoms with van der Waals surface area (Å²) in [5.41, 5.74) is 6.57. The predicted molar refractivity (Wildman–Crippen MR) is 64.6 cm³/mol. The standard InChI is InChI=1S/C12H18N2O2/c1-2-14(9-8-11(13)12(15)16)10-6-4-3-5-7-10/h3-7,11H,2,8-9,13H2,1H3,(H,15,16). The average Bonchev–Trinajstić information content (AvgIpc) is 2.30. The number of rotatable bonds is 6. The van der Waals surface area contributed by atoms with Crippen LogP contribution in [0.5, 0.6) is 0 Å². The fraction of sp³-hybridized carbons (Fsp3) is 0.417. The Morgan fingerprint density at radius 2 is 2.06 bits per heavy atom. The Morgan fingerprint density at radius 3 is 2.56 bits per heavy atom. The monoisotopic (exact) mass is 222 g/mol. The fourth-order valence-corrected chi connectivity index (χ4v) is 1.53. The van der Waals surface area contributed by atoms with E-state index in [-0.39, 0.29) is 0 Å². The SMILES string of the molecule is CCN(CCC(N)C(=O)O)c1ccccc1. The largest absolute Gasteiger partial charge is 0.480 e. The van der Waals surface area contributed by atoms with Gasteiger partial charge in [-0.2, -0.15) is 0 Å². The maximum absolute atomic E-state index is 10.6. The summed E-state index contributed by atoms with van der Waals surface area (Å²) in [5.74, 6) is -0.941. The highest BCUT2D eigenvalue weighted by Crippen LogP contribution is 2.13. The number of hydrogen-bond acceptors (Lipinski definition) is 3. The molecule has 0 bridgehead atoms. The Kier molecular flexibility index (Phi) is 4.79. The summed E-state index contributed by atoms with van der Waals surface area (Å²) in [6.45, 7) is 3.55. The van der Waals surface area contributed by atoms with Gasteiger partial charge in [-0.15, -0.1) is 0 Å². The average molecular weight is 222 g/mol. The van der Waals surface area contributed by atoms with Crippen LogP contribution in [0.2, 0.25) is 0 Å². The van der Waals surface area contributed by atoms with Crippen LogP contribution in [0.25, 0.3) is 0 Å². The molecule has 0 radical (unpaired) electrons. The third kappa shape index (κ3) is 3.55. The van der Waals surface area contributed by atoms with Gasteiger partial charge in [-0.3, -0.25) is 4.79 Å². The zero-order chi connectivity index (χ0) is 12.0. The second kappa shape index (κ2) is 6.12. The molecule has 0 aliphatic rings. The van der Waals surface area contributed by atoms with Crippen molar-refractivity contribution in [1.82, 2.24) is 0 Å². The second-order valence-electron chi connectivity index (χ2n) is 3.65. The summed E-state index contributed by atoms with van der Waals surface area (Å²) in [5, 5.41) is 8.69. The highest BCUT2D eigenvalue weighted by molar-refractivity contribution is 5.73. The number of para-hydroxylation sites is 1. The van der Waals surface area contributed by atoms with Crippen LogP contribution in [0.3, 0.4) is 0 Å².